The predicted molar refractivity (Wildman–Crippen MR) is 66.7 cm³/mol. The molecule has 2 fully saturated rings. The summed E-state index contributed by atoms with van der Waals surface area (Å²) in [5.74, 6) is 0.863. The minimum atomic E-state index is 0.0826. The Kier molecular flexibility index (Phi) is 4.80. The molecule has 0 aromatic carbocycles. The van der Waals surface area contributed by atoms with Gasteiger partial charge in [-0.05, 0) is 45.1 Å². The average molecular weight is 240 g/mol. The fourth-order valence-corrected chi connectivity index (χ4v) is 2.57. The SMILES string of the molecule is CC1CCC(CNC(=O)C2CCCOC2)CN1. The zero-order valence-electron chi connectivity index (χ0n) is 10.7. The molecule has 3 unspecified atom stereocenters. The molecule has 0 bridgehead atoms. The molecule has 0 saturated carbocycles. The van der Waals surface area contributed by atoms with Crippen molar-refractivity contribution in [3.63, 3.8) is 0 Å². The quantitative estimate of drug-likeness (QED) is 0.771. The molecule has 2 aliphatic rings. The molecule has 0 aliphatic carbocycles. The zero-order chi connectivity index (χ0) is 12.1. The number of rotatable bonds is 3. The van der Waals surface area contributed by atoms with Gasteiger partial charge in [-0.15, -0.1) is 0 Å². The van der Waals surface area contributed by atoms with E-state index in [0.717, 1.165) is 32.5 Å². The second-order valence-electron chi connectivity index (χ2n) is 5.41. The normalized spacial score (nSPS) is 34.3. The number of carbonyl (C=O) groups is 1. The van der Waals surface area contributed by atoms with Crippen LogP contribution in [-0.4, -0.2) is 38.3 Å². The molecule has 0 radical (unpaired) electrons. The third kappa shape index (κ3) is 3.96. The van der Waals surface area contributed by atoms with Crippen LogP contribution in [0.3, 0.4) is 0 Å². The van der Waals surface area contributed by atoms with Gasteiger partial charge in [-0.2, -0.15) is 0 Å². The number of hydrogen-bond donors (Lipinski definition) is 2. The molecule has 1 amide bonds. The van der Waals surface area contributed by atoms with Gasteiger partial charge in [0.1, 0.15) is 0 Å². The van der Waals surface area contributed by atoms with Gasteiger partial charge in [0.05, 0.1) is 12.5 Å². The Morgan fingerprint density at radius 3 is 2.94 bits per heavy atom. The Balaban J connectivity index is 1.65. The van der Waals surface area contributed by atoms with Gasteiger partial charge >= 0.3 is 0 Å². The van der Waals surface area contributed by atoms with Crippen molar-refractivity contribution in [1.82, 2.24) is 10.6 Å². The second kappa shape index (κ2) is 6.36. The summed E-state index contributed by atoms with van der Waals surface area (Å²) >= 11 is 0. The third-order valence-corrected chi connectivity index (χ3v) is 3.86. The van der Waals surface area contributed by atoms with Crippen molar-refractivity contribution in [2.75, 3.05) is 26.3 Å². The Morgan fingerprint density at radius 2 is 2.29 bits per heavy atom. The van der Waals surface area contributed by atoms with E-state index < -0.39 is 0 Å². The molecular weight excluding hydrogens is 216 g/mol. The van der Waals surface area contributed by atoms with Gasteiger partial charge in [-0.1, -0.05) is 0 Å². The summed E-state index contributed by atoms with van der Waals surface area (Å²) in [5.41, 5.74) is 0. The minimum absolute atomic E-state index is 0.0826. The van der Waals surface area contributed by atoms with Crippen LogP contribution in [-0.2, 0) is 9.53 Å². The van der Waals surface area contributed by atoms with E-state index in [1.54, 1.807) is 0 Å². The number of carbonyl (C=O) groups excluding carboxylic acids is 1. The summed E-state index contributed by atoms with van der Waals surface area (Å²) in [7, 11) is 0. The van der Waals surface area contributed by atoms with Gasteiger partial charge in [0.2, 0.25) is 5.91 Å². The second-order valence-corrected chi connectivity index (χ2v) is 5.41. The smallest absolute Gasteiger partial charge is 0.225 e. The van der Waals surface area contributed by atoms with Gasteiger partial charge < -0.3 is 15.4 Å². The molecular formula is C13H24N2O2. The Labute approximate surface area is 103 Å². The summed E-state index contributed by atoms with van der Waals surface area (Å²) in [4.78, 5) is 11.9. The van der Waals surface area contributed by atoms with Crippen LogP contribution < -0.4 is 10.6 Å². The monoisotopic (exact) mass is 240 g/mol. The fraction of sp³-hybridized carbons (Fsp3) is 0.923. The van der Waals surface area contributed by atoms with E-state index >= 15 is 0 Å². The average Bonchev–Trinajstić information content (AvgIpc) is 2.39. The first-order valence-corrected chi connectivity index (χ1v) is 6.84. The number of hydrogen-bond acceptors (Lipinski definition) is 3. The largest absolute Gasteiger partial charge is 0.381 e. The number of ether oxygens (including phenoxy) is 1. The van der Waals surface area contributed by atoms with E-state index in [9.17, 15) is 4.79 Å². The first-order chi connectivity index (χ1) is 8.25. The molecule has 2 saturated heterocycles. The molecule has 2 rings (SSSR count). The Morgan fingerprint density at radius 1 is 1.41 bits per heavy atom. The lowest BCUT2D eigenvalue weighted by Gasteiger charge is -2.28. The molecule has 4 nitrogen and oxygen atoms in total. The number of amides is 1. The van der Waals surface area contributed by atoms with Crippen LogP contribution in [0.15, 0.2) is 0 Å². The maximum absolute atomic E-state index is 11.9. The maximum atomic E-state index is 11.9. The molecule has 17 heavy (non-hydrogen) atoms. The molecule has 0 aromatic heterocycles. The lowest BCUT2D eigenvalue weighted by atomic mass is 9.95. The lowest BCUT2D eigenvalue weighted by Crippen LogP contribution is -2.44. The van der Waals surface area contributed by atoms with E-state index in [2.05, 4.69) is 17.6 Å². The van der Waals surface area contributed by atoms with Crippen molar-refractivity contribution in [1.29, 1.82) is 0 Å². The molecule has 4 heteroatoms. The highest BCUT2D eigenvalue weighted by Gasteiger charge is 2.23. The van der Waals surface area contributed by atoms with Gasteiger partial charge in [-0.3, -0.25) is 4.79 Å². The van der Waals surface area contributed by atoms with E-state index in [0.29, 0.717) is 18.6 Å². The lowest BCUT2D eigenvalue weighted by molar-refractivity contribution is -0.129. The summed E-state index contributed by atoms with van der Waals surface area (Å²) in [5, 5.41) is 6.54. The molecule has 3 atom stereocenters. The fourth-order valence-electron chi connectivity index (χ4n) is 2.57. The van der Waals surface area contributed by atoms with Crippen LogP contribution in [0.5, 0.6) is 0 Å². The van der Waals surface area contributed by atoms with Gasteiger partial charge in [0, 0.05) is 19.2 Å². The van der Waals surface area contributed by atoms with Crippen LogP contribution in [0.2, 0.25) is 0 Å². The van der Waals surface area contributed by atoms with Crippen LogP contribution in [0, 0.1) is 11.8 Å². The van der Waals surface area contributed by atoms with Crippen molar-refractivity contribution in [3.05, 3.63) is 0 Å². The van der Waals surface area contributed by atoms with Gasteiger partial charge in [-0.25, -0.2) is 0 Å². The zero-order valence-corrected chi connectivity index (χ0v) is 10.7. The maximum Gasteiger partial charge on any atom is 0.225 e. The highest BCUT2D eigenvalue weighted by atomic mass is 16.5. The van der Waals surface area contributed by atoms with E-state index in [4.69, 9.17) is 4.74 Å². The Bertz CT molecular complexity index is 244. The van der Waals surface area contributed by atoms with Crippen molar-refractivity contribution in [3.8, 4) is 0 Å². The molecule has 2 N–H and O–H groups in total. The molecule has 2 aliphatic heterocycles. The third-order valence-electron chi connectivity index (χ3n) is 3.86. The summed E-state index contributed by atoms with van der Waals surface area (Å²) in [6.07, 6.45) is 4.43. The standard InChI is InChI=1S/C13H24N2O2/c1-10-4-5-11(7-14-10)8-15-13(16)12-3-2-6-17-9-12/h10-12,14H,2-9H2,1H3,(H,15,16). The van der Waals surface area contributed by atoms with Crippen LogP contribution in [0.4, 0.5) is 0 Å². The predicted octanol–water partition coefficient (Wildman–Crippen LogP) is 0.917. The Hall–Kier alpha value is -0.610. The number of nitrogens with one attached hydrogen (secondary N) is 2. The van der Waals surface area contributed by atoms with Gasteiger partial charge in [0.15, 0.2) is 0 Å². The van der Waals surface area contributed by atoms with E-state index in [-0.39, 0.29) is 11.8 Å². The van der Waals surface area contributed by atoms with E-state index in [1.807, 2.05) is 0 Å². The molecule has 2 heterocycles. The van der Waals surface area contributed by atoms with Crippen molar-refractivity contribution >= 4 is 5.91 Å². The summed E-state index contributed by atoms with van der Waals surface area (Å²) in [6, 6.07) is 0.633. The minimum Gasteiger partial charge on any atom is -0.381 e. The first-order valence-electron chi connectivity index (χ1n) is 6.84. The van der Waals surface area contributed by atoms with Crippen LogP contribution >= 0.6 is 0 Å². The summed E-state index contributed by atoms with van der Waals surface area (Å²) in [6.45, 7) is 5.48. The van der Waals surface area contributed by atoms with Gasteiger partial charge in [0.25, 0.3) is 0 Å². The summed E-state index contributed by atoms with van der Waals surface area (Å²) < 4.78 is 5.34. The van der Waals surface area contributed by atoms with Crippen molar-refractivity contribution in [2.24, 2.45) is 11.8 Å². The number of piperidine rings is 1. The van der Waals surface area contributed by atoms with Crippen LogP contribution in [0.25, 0.3) is 0 Å². The highest BCUT2D eigenvalue weighted by molar-refractivity contribution is 5.78. The highest BCUT2D eigenvalue weighted by Crippen LogP contribution is 2.15. The molecule has 0 aromatic rings. The first kappa shape index (κ1) is 12.8. The molecule has 98 valence electrons. The van der Waals surface area contributed by atoms with E-state index in [1.165, 1.54) is 12.8 Å². The van der Waals surface area contributed by atoms with Crippen molar-refractivity contribution in [2.45, 2.75) is 38.6 Å². The molecule has 0 spiro atoms. The van der Waals surface area contributed by atoms with Crippen LogP contribution in [0.1, 0.15) is 32.6 Å². The van der Waals surface area contributed by atoms with Crippen molar-refractivity contribution < 1.29 is 9.53 Å². The topological polar surface area (TPSA) is 50.4 Å².